The Morgan fingerprint density at radius 3 is 3.11 bits per heavy atom. The van der Waals surface area contributed by atoms with E-state index in [2.05, 4.69) is 11.7 Å². The summed E-state index contributed by atoms with van der Waals surface area (Å²) >= 11 is 5.74. The molecule has 1 aromatic rings. The molecule has 1 aliphatic heterocycles. The number of nitro benzene ring substituents is 1. The number of hydrazone groups is 1. The van der Waals surface area contributed by atoms with E-state index in [9.17, 15) is 10.1 Å². The third-order valence-electron chi connectivity index (χ3n) is 2.32. The van der Waals surface area contributed by atoms with Crippen LogP contribution in [0.3, 0.4) is 0 Å². The quantitative estimate of drug-likeness (QED) is 0.478. The summed E-state index contributed by atoms with van der Waals surface area (Å²) in [6.07, 6.45) is 2.14. The summed E-state index contributed by atoms with van der Waals surface area (Å²) in [6.45, 7) is 3.72. The standard InChI is InChI=1S/C11H10ClN3O3/c1-2-3-11-13-14(7-18-11)9-5-4-8(12)6-10(9)15(16)17/h2,4-6H,1,3,7H2. The number of ether oxygens (including phenoxy) is 1. The zero-order valence-electron chi connectivity index (χ0n) is 9.38. The first kappa shape index (κ1) is 12.4. The maximum absolute atomic E-state index is 11.0. The van der Waals surface area contributed by atoms with Crippen molar-refractivity contribution in [2.45, 2.75) is 6.42 Å². The molecule has 0 spiro atoms. The maximum atomic E-state index is 11.0. The number of nitrogens with zero attached hydrogens (tertiary/aromatic N) is 3. The minimum atomic E-state index is -0.498. The number of benzene rings is 1. The van der Waals surface area contributed by atoms with Crippen molar-refractivity contribution in [2.24, 2.45) is 5.10 Å². The van der Waals surface area contributed by atoms with Crippen LogP contribution in [0.25, 0.3) is 0 Å². The average molecular weight is 268 g/mol. The SMILES string of the molecule is C=CCC1=NN(c2ccc(Cl)cc2[N+](=O)[O-])CO1. The molecule has 0 fully saturated rings. The second kappa shape index (κ2) is 5.05. The van der Waals surface area contributed by atoms with Crippen LogP contribution in [0.1, 0.15) is 6.42 Å². The predicted molar refractivity (Wildman–Crippen MR) is 68.8 cm³/mol. The van der Waals surface area contributed by atoms with Crippen molar-refractivity contribution in [1.82, 2.24) is 0 Å². The molecule has 0 saturated heterocycles. The van der Waals surface area contributed by atoms with E-state index >= 15 is 0 Å². The van der Waals surface area contributed by atoms with E-state index in [-0.39, 0.29) is 12.4 Å². The van der Waals surface area contributed by atoms with Gasteiger partial charge in [0.05, 0.1) is 4.92 Å². The Morgan fingerprint density at radius 2 is 2.44 bits per heavy atom. The van der Waals surface area contributed by atoms with Crippen LogP contribution in [-0.4, -0.2) is 17.6 Å². The molecule has 1 aliphatic rings. The predicted octanol–water partition coefficient (Wildman–Crippen LogP) is 2.93. The van der Waals surface area contributed by atoms with Crippen LogP contribution in [0.5, 0.6) is 0 Å². The lowest BCUT2D eigenvalue weighted by atomic mass is 10.2. The minimum absolute atomic E-state index is 0.102. The number of hydrogen-bond donors (Lipinski definition) is 0. The van der Waals surface area contributed by atoms with Crippen LogP contribution in [0, 0.1) is 10.1 Å². The third kappa shape index (κ3) is 2.43. The van der Waals surface area contributed by atoms with Crippen LogP contribution < -0.4 is 5.01 Å². The minimum Gasteiger partial charge on any atom is -0.456 e. The molecule has 2 rings (SSSR count). The van der Waals surface area contributed by atoms with Crippen LogP contribution in [0.4, 0.5) is 11.4 Å². The molecule has 94 valence electrons. The highest BCUT2D eigenvalue weighted by Gasteiger charge is 2.24. The monoisotopic (exact) mass is 267 g/mol. The van der Waals surface area contributed by atoms with Gasteiger partial charge in [-0.25, -0.2) is 5.01 Å². The fraction of sp³-hybridized carbons (Fsp3) is 0.182. The molecule has 0 saturated carbocycles. The molecule has 6 nitrogen and oxygen atoms in total. The summed E-state index contributed by atoms with van der Waals surface area (Å²) in [5.41, 5.74) is 0.248. The topological polar surface area (TPSA) is 68.0 Å². The Kier molecular flexibility index (Phi) is 3.47. The molecular weight excluding hydrogens is 258 g/mol. The lowest BCUT2D eigenvalue weighted by Crippen LogP contribution is -2.14. The number of anilines is 1. The summed E-state index contributed by atoms with van der Waals surface area (Å²) in [6, 6.07) is 4.41. The number of hydrogen-bond acceptors (Lipinski definition) is 5. The van der Waals surface area contributed by atoms with Gasteiger partial charge in [-0.05, 0) is 12.1 Å². The summed E-state index contributed by atoms with van der Waals surface area (Å²) in [4.78, 5) is 10.5. The highest BCUT2D eigenvalue weighted by molar-refractivity contribution is 6.30. The van der Waals surface area contributed by atoms with Gasteiger partial charge in [0.2, 0.25) is 5.90 Å². The Bertz CT molecular complexity index is 530. The van der Waals surface area contributed by atoms with Gasteiger partial charge in [0, 0.05) is 17.5 Å². The molecule has 1 aromatic carbocycles. The van der Waals surface area contributed by atoms with E-state index in [0.717, 1.165) is 0 Å². The molecule has 0 bridgehead atoms. The maximum Gasteiger partial charge on any atom is 0.296 e. The highest BCUT2D eigenvalue weighted by atomic mass is 35.5. The Hall–Kier alpha value is -2.08. The van der Waals surface area contributed by atoms with E-state index in [4.69, 9.17) is 16.3 Å². The van der Waals surface area contributed by atoms with Gasteiger partial charge in [-0.2, -0.15) is 0 Å². The van der Waals surface area contributed by atoms with Crippen molar-refractivity contribution in [1.29, 1.82) is 0 Å². The Labute approximate surface area is 108 Å². The molecule has 0 aliphatic carbocycles. The van der Waals surface area contributed by atoms with Gasteiger partial charge >= 0.3 is 0 Å². The van der Waals surface area contributed by atoms with Crippen molar-refractivity contribution in [3.8, 4) is 0 Å². The molecule has 0 atom stereocenters. The fourth-order valence-electron chi connectivity index (χ4n) is 1.54. The Balaban J connectivity index is 2.34. The van der Waals surface area contributed by atoms with Crippen molar-refractivity contribution in [3.63, 3.8) is 0 Å². The van der Waals surface area contributed by atoms with E-state index in [1.807, 2.05) is 0 Å². The highest BCUT2D eigenvalue weighted by Crippen LogP contribution is 2.32. The lowest BCUT2D eigenvalue weighted by molar-refractivity contribution is -0.384. The zero-order valence-corrected chi connectivity index (χ0v) is 10.1. The van der Waals surface area contributed by atoms with Gasteiger partial charge in [0.15, 0.2) is 6.73 Å². The van der Waals surface area contributed by atoms with Crippen molar-refractivity contribution in [2.75, 3.05) is 11.7 Å². The fourth-order valence-corrected chi connectivity index (χ4v) is 1.70. The number of rotatable bonds is 4. The number of halogens is 1. The molecule has 0 radical (unpaired) electrons. The summed E-state index contributed by atoms with van der Waals surface area (Å²) in [5.74, 6) is 0.481. The molecule has 1 heterocycles. The van der Waals surface area contributed by atoms with Crippen LogP contribution in [-0.2, 0) is 4.74 Å². The molecule has 0 amide bonds. The van der Waals surface area contributed by atoms with Gasteiger partial charge in [-0.15, -0.1) is 11.7 Å². The number of nitro groups is 1. The van der Waals surface area contributed by atoms with Crippen LogP contribution in [0.2, 0.25) is 5.02 Å². The van der Waals surface area contributed by atoms with Crippen molar-refractivity contribution >= 4 is 28.9 Å². The summed E-state index contributed by atoms with van der Waals surface area (Å²) in [5, 5.41) is 16.8. The zero-order chi connectivity index (χ0) is 13.1. The molecule has 0 unspecified atom stereocenters. The summed E-state index contributed by atoms with van der Waals surface area (Å²) in [7, 11) is 0. The molecular formula is C11H10ClN3O3. The largest absolute Gasteiger partial charge is 0.456 e. The lowest BCUT2D eigenvalue weighted by Gasteiger charge is -2.11. The first-order valence-electron chi connectivity index (χ1n) is 5.14. The van der Waals surface area contributed by atoms with E-state index in [0.29, 0.717) is 23.0 Å². The van der Waals surface area contributed by atoms with E-state index in [1.165, 1.54) is 11.1 Å². The van der Waals surface area contributed by atoms with Crippen LogP contribution >= 0.6 is 11.6 Å². The van der Waals surface area contributed by atoms with Crippen LogP contribution in [0.15, 0.2) is 36.0 Å². The molecule has 0 aromatic heterocycles. The second-order valence-electron chi connectivity index (χ2n) is 3.55. The van der Waals surface area contributed by atoms with E-state index in [1.54, 1.807) is 18.2 Å². The van der Waals surface area contributed by atoms with Gasteiger partial charge in [-0.3, -0.25) is 10.1 Å². The third-order valence-corrected chi connectivity index (χ3v) is 2.55. The first-order valence-corrected chi connectivity index (χ1v) is 5.52. The normalized spacial score (nSPS) is 14.1. The van der Waals surface area contributed by atoms with Gasteiger partial charge in [-0.1, -0.05) is 17.7 Å². The average Bonchev–Trinajstić information content (AvgIpc) is 2.78. The van der Waals surface area contributed by atoms with Gasteiger partial charge < -0.3 is 4.74 Å². The smallest absolute Gasteiger partial charge is 0.296 e. The van der Waals surface area contributed by atoms with E-state index < -0.39 is 4.92 Å². The van der Waals surface area contributed by atoms with Crippen molar-refractivity contribution < 1.29 is 9.66 Å². The Morgan fingerprint density at radius 1 is 1.67 bits per heavy atom. The summed E-state index contributed by atoms with van der Waals surface area (Å²) < 4.78 is 5.27. The molecule has 0 N–H and O–H groups in total. The van der Waals surface area contributed by atoms with Gasteiger partial charge in [0.1, 0.15) is 5.69 Å². The van der Waals surface area contributed by atoms with Gasteiger partial charge in [0.25, 0.3) is 5.69 Å². The van der Waals surface area contributed by atoms with Crippen molar-refractivity contribution in [3.05, 3.63) is 46.0 Å². The first-order chi connectivity index (χ1) is 8.61. The second-order valence-corrected chi connectivity index (χ2v) is 3.99. The molecule has 18 heavy (non-hydrogen) atoms. The molecule has 7 heteroatoms.